The summed E-state index contributed by atoms with van der Waals surface area (Å²) >= 11 is 0. The molecule has 0 saturated carbocycles. The lowest BCUT2D eigenvalue weighted by Crippen LogP contribution is -2.33. The molecule has 0 unspecified atom stereocenters. The van der Waals surface area contributed by atoms with Gasteiger partial charge in [-0.25, -0.2) is 4.79 Å². The molecule has 0 bridgehead atoms. The summed E-state index contributed by atoms with van der Waals surface area (Å²) in [4.78, 5) is 11.4. The summed E-state index contributed by atoms with van der Waals surface area (Å²) in [6.07, 6.45) is 0.394. The number of hydrogen-bond acceptors (Lipinski definition) is 3. The average molecular weight is 250 g/mol. The van der Waals surface area contributed by atoms with Crippen molar-refractivity contribution in [2.75, 3.05) is 6.54 Å². The van der Waals surface area contributed by atoms with E-state index in [0.29, 0.717) is 13.1 Å². The maximum Gasteiger partial charge on any atom is 0.407 e. The van der Waals surface area contributed by atoms with Crippen molar-refractivity contribution >= 4 is 6.09 Å². The molecule has 0 radical (unpaired) electrons. The van der Waals surface area contributed by atoms with Gasteiger partial charge in [0.15, 0.2) is 0 Å². The van der Waals surface area contributed by atoms with E-state index in [4.69, 9.17) is 10.5 Å². The third kappa shape index (κ3) is 5.68. The van der Waals surface area contributed by atoms with Crippen molar-refractivity contribution in [3.63, 3.8) is 0 Å². The minimum absolute atomic E-state index is 0.377. The van der Waals surface area contributed by atoms with Gasteiger partial charge in [0, 0.05) is 13.1 Å². The van der Waals surface area contributed by atoms with Crippen molar-refractivity contribution in [1.29, 1.82) is 0 Å². The number of carbonyl (C=O) groups excluding carboxylic acids is 1. The van der Waals surface area contributed by atoms with Gasteiger partial charge in [-0.15, -0.1) is 0 Å². The number of rotatable bonds is 4. The van der Waals surface area contributed by atoms with E-state index in [2.05, 4.69) is 11.4 Å². The molecule has 18 heavy (non-hydrogen) atoms. The third-order valence-electron chi connectivity index (χ3n) is 2.31. The number of alkyl carbamates (subject to hydrolysis) is 1. The first-order chi connectivity index (χ1) is 8.40. The molecule has 0 heterocycles. The molecule has 0 atom stereocenters. The fraction of sp³-hybridized carbons (Fsp3) is 0.500. The monoisotopic (exact) mass is 250 g/mol. The van der Waals surface area contributed by atoms with Crippen molar-refractivity contribution in [2.24, 2.45) is 5.73 Å². The molecular formula is C14H22N2O2. The highest BCUT2D eigenvalue weighted by Gasteiger charge is 2.15. The number of ether oxygens (including phenoxy) is 1. The van der Waals surface area contributed by atoms with Crippen LogP contribution in [0.5, 0.6) is 0 Å². The lowest BCUT2D eigenvalue weighted by Gasteiger charge is -2.19. The van der Waals surface area contributed by atoms with Crippen LogP contribution in [-0.4, -0.2) is 18.2 Å². The van der Waals surface area contributed by atoms with Crippen molar-refractivity contribution < 1.29 is 9.53 Å². The Kier molecular flexibility index (Phi) is 5.16. The summed E-state index contributed by atoms with van der Waals surface area (Å²) in [5.41, 5.74) is 7.38. The minimum Gasteiger partial charge on any atom is -0.444 e. The van der Waals surface area contributed by atoms with Crippen LogP contribution in [0.15, 0.2) is 24.3 Å². The molecule has 1 rings (SSSR count). The third-order valence-corrected chi connectivity index (χ3v) is 2.31. The first kappa shape index (κ1) is 14.5. The molecule has 0 aliphatic heterocycles. The zero-order valence-corrected chi connectivity index (χ0v) is 11.3. The van der Waals surface area contributed by atoms with Gasteiger partial charge in [0.2, 0.25) is 0 Å². The van der Waals surface area contributed by atoms with E-state index in [-0.39, 0.29) is 6.09 Å². The number of carbonyl (C=O) groups is 1. The van der Waals surface area contributed by atoms with Crippen LogP contribution < -0.4 is 11.1 Å². The molecule has 0 aliphatic carbocycles. The van der Waals surface area contributed by atoms with Gasteiger partial charge < -0.3 is 15.8 Å². The highest BCUT2D eigenvalue weighted by atomic mass is 16.6. The standard InChI is InChI=1S/C14H22N2O2/c1-14(2,3)18-13(17)16-8-7-11-5-4-6-12(9-11)10-15/h4-6,9H,7-8,10,15H2,1-3H3,(H,16,17). The van der Waals surface area contributed by atoms with Crippen LogP contribution >= 0.6 is 0 Å². The van der Waals surface area contributed by atoms with E-state index in [0.717, 1.165) is 17.5 Å². The topological polar surface area (TPSA) is 64.3 Å². The molecule has 0 aliphatic rings. The number of benzene rings is 1. The molecule has 1 aromatic carbocycles. The number of amides is 1. The highest BCUT2D eigenvalue weighted by Crippen LogP contribution is 2.07. The van der Waals surface area contributed by atoms with Gasteiger partial charge in [0.25, 0.3) is 0 Å². The largest absolute Gasteiger partial charge is 0.444 e. The van der Waals surface area contributed by atoms with Crippen LogP contribution in [-0.2, 0) is 17.7 Å². The van der Waals surface area contributed by atoms with E-state index >= 15 is 0 Å². The molecule has 0 spiro atoms. The molecule has 0 aromatic heterocycles. The maximum absolute atomic E-state index is 11.4. The van der Waals surface area contributed by atoms with E-state index in [1.807, 2.05) is 39.0 Å². The highest BCUT2D eigenvalue weighted by molar-refractivity contribution is 5.67. The predicted octanol–water partition coefficient (Wildman–Crippen LogP) is 2.21. The molecular weight excluding hydrogens is 228 g/mol. The van der Waals surface area contributed by atoms with E-state index in [1.54, 1.807) is 0 Å². The molecule has 0 saturated heterocycles. The van der Waals surface area contributed by atoms with Crippen molar-refractivity contribution in [3.05, 3.63) is 35.4 Å². The van der Waals surface area contributed by atoms with E-state index < -0.39 is 5.60 Å². The first-order valence-corrected chi connectivity index (χ1v) is 6.15. The molecule has 3 N–H and O–H groups in total. The molecule has 1 amide bonds. The lowest BCUT2D eigenvalue weighted by atomic mass is 10.1. The Bertz CT molecular complexity index is 397. The Morgan fingerprint density at radius 3 is 2.61 bits per heavy atom. The van der Waals surface area contributed by atoms with Crippen LogP contribution in [0.4, 0.5) is 4.79 Å². The second-order valence-corrected chi connectivity index (χ2v) is 5.20. The maximum atomic E-state index is 11.4. The van der Waals surface area contributed by atoms with E-state index in [1.165, 1.54) is 0 Å². The Labute approximate surface area is 109 Å². The van der Waals surface area contributed by atoms with Gasteiger partial charge in [0.1, 0.15) is 5.60 Å². The van der Waals surface area contributed by atoms with Crippen molar-refractivity contribution in [3.8, 4) is 0 Å². The number of nitrogens with two attached hydrogens (primary N) is 1. The summed E-state index contributed by atoms with van der Waals surface area (Å²) in [5.74, 6) is 0. The van der Waals surface area contributed by atoms with Crippen LogP contribution in [0.25, 0.3) is 0 Å². The lowest BCUT2D eigenvalue weighted by molar-refractivity contribution is 0.0528. The normalized spacial score (nSPS) is 11.1. The van der Waals surface area contributed by atoms with Crippen LogP contribution in [0.1, 0.15) is 31.9 Å². The second kappa shape index (κ2) is 6.40. The van der Waals surface area contributed by atoms with Crippen LogP contribution in [0.2, 0.25) is 0 Å². The zero-order chi connectivity index (χ0) is 13.6. The Hall–Kier alpha value is -1.55. The first-order valence-electron chi connectivity index (χ1n) is 6.15. The van der Waals surface area contributed by atoms with Gasteiger partial charge in [-0.3, -0.25) is 0 Å². The smallest absolute Gasteiger partial charge is 0.407 e. The van der Waals surface area contributed by atoms with Gasteiger partial charge in [-0.05, 0) is 38.3 Å². The second-order valence-electron chi connectivity index (χ2n) is 5.20. The Balaban J connectivity index is 2.35. The molecule has 4 nitrogen and oxygen atoms in total. The molecule has 4 heteroatoms. The molecule has 0 fully saturated rings. The Morgan fingerprint density at radius 1 is 1.33 bits per heavy atom. The minimum atomic E-state index is -0.455. The van der Waals surface area contributed by atoms with Crippen LogP contribution in [0.3, 0.4) is 0 Å². The quantitative estimate of drug-likeness (QED) is 0.861. The number of hydrogen-bond donors (Lipinski definition) is 2. The predicted molar refractivity (Wildman–Crippen MR) is 72.3 cm³/mol. The number of nitrogens with one attached hydrogen (secondary N) is 1. The summed E-state index contributed by atoms with van der Waals surface area (Å²) in [6.45, 7) is 6.63. The molecule has 100 valence electrons. The van der Waals surface area contributed by atoms with Gasteiger partial charge in [-0.2, -0.15) is 0 Å². The average Bonchev–Trinajstić information content (AvgIpc) is 2.27. The summed E-state index contributed by atoms with van der Waals surface area (Å²) in [7, 11) is 0. The Morgan fingerprint density at radius 2 is 2.00 bits per heavy atom. The van der Waals surface area contributed by atoms with Gasteiger partial charge in [0.05, 0.1) is 0 Å². The van der Waals surface area contributed by atoms with E-state index in [9.17, 15) is 4.79 Å². The van der Waals surface area contributed by atoms with Crippen molar-refractivity contribution in [2.45, 2.75) is 39.3 Å². The summed E-state index contributed by atoms with van der Waals surface area (Å²) in [6, 6.07) is 8.04. The van der Waals surface area contributed by atoms with Crippen molar-refractivity contribution in [1.82, 2.24) is 5.32 Å². The van der Waals surface area contributed by atoms with Crippen LogP contribution in [0, 0.1) is 0 Å². The fourth-order valence-electron chi connectivity index (χ4n) is 1.54. The fourth-order valence-corrected chi connectivity index (χ4v) is 1.54. The van der Waals surface area contributed by atoms with Gasteiger partial charge in [-0.1, -0.05) is 24.3 Å². The SMILES string of the molecule is CC(C)(C)OC(=O)NCCc1cccc(CN)c1. The molecule has 1 aromatic rings. The van der Waals surface area contributed by atoms with Gasteiger partial charge >= 0.3 is 6.09 Å². The zero-order valence-electron chi connectivity index (χ0n) is 11.3. The summed E-state index contributed by atoms with van der Waals surface area (Å²) < 4.78 is 5.15. The summed E-state index contributed by atoms with van der Waals surface area (Å²) in [5, 5.41) is 2.73.